The maximum Gasteiger partial charge on any atom is 0.220 e. The summed E-state index contributed by atoms with van der Waals surface area (Å²) in [6.45, 7) is 5.21. The van der Waals surface area contributed by atoms with Gasteiger partial charge in [0.2, 0.25) is 5.91 Å². The SMILES string of the molecule is CCCC(CCN)CCC(=O)NC1CCCC(CC)C1. The Balaban J connectivity index is 2.24. The zero-order valence-corrected chi connectivity index (χ0v) is 13.5. The van der Waals surface area contributed by atoms with Crippen LogP contribution in [0, 0.1) is 11.8 Å². The maximum absolute atomic E-state index is 12.1. The number of nitrogens with one attached hydrogen (secondary N) is 1. The molecule has 1 amide bonds. The second-order valence-electron chi connectivity index (χ2n) is 6.48. The number of hydrogen-bond donors (Lipinski definition) is 2. The summed E-state index contributed by atoms with van der Waals surface area (Å²) in [5.41, 5.74) is 5.65. The second-order valence-corrected chi connectivity index (χ2v) is 6.48. The third kappa shape index (κ3) is 6.74. The minimum atomic E-state index is 0.255. The van der Waals surface area contributed by atoms with Crippen LogP contribution in [-0.4, -0.2) is 18.5 Å². The minimum absolute atomic E-state index is 0.255. The fraction of sp³-hybridized carbons (Fsp3) is 0.941. The molecule has 1 saturated carbocycles. The highest BCUT2D eigenvalue weighted by molar-refractivity contribution is 5.76. The van der Waals surface area contributed by atoms with Crippen molar-refractivity contribution in [3.8, 4) is 0 Å². The summed E-state index contributed by atoms with van der Waals surface area (Å²) in [6.07, 6.45) is 11.3. The predicted molar refractivity (Wildman–Crippen MR) is 85.5 cm³/mol. The third-order valence-electron chi connectivity index (χ3n) is 4.78. The van der Waals surface area contributed by atoms with Crippen LogP contribution >= 0.6 is 0 Å². The lowest BCUT2D eigenvalue weighted by atomic mass is 9.84. The second kappa shape index (κ2) is 10.2. The molecule has 0 heterocycles. The van der Waals surface area contributed by atoms with Gasteiger partial charge in [-0.2, -0.15) is 0 Å². The van der Waals surface area contributed by atoms with Gasteiger partial charge in [0.15, 0.2) is 0 Å². The largest absolute Gasteiger partial charge is 0.353 e. The highest BCUT2D eigenvalue weighted by Gasteiger charge is 2.22. The first kappa shape index (κ1) is 17.5. The lowest BCUT2D eigenvalue weighted by Gasteiger charge is -2.29. The fourth-order valence-corrected chi connectivity index (χ4v) is 3.50. The maximum atomic E-state index is 12.1. The highest BCUT2D eigenvalue weighted by Crippen LogP contribution is 2.26. The van der Waals surface area contributed by atoms with Gasteiger partial charge in [-0.3, -0.25) is 4.79 Å². The molecule has 0 saturated heterocycles. The first-order valence-electron chi connectivity index (χ1n) is 8.68. The molecule has 0 aromatic rings. The van der Waals surface area contributed by atoms with E-state index in [0.29, 0.717) is 18.4 Å². The van der Waals surface area contributed by atoms with Crippen molar-refractivity contribution in [2.45, 2.75) is 84.1 Å². The average molecular weight is 282 g/mol. The lowest BCUT2D eigenvalue weighted by Crippen LogP contribution is -2.38. The number of carbonyl (C=O) groups is 1. The van der Waals surface area contributed by atoms with Crippen LogP contribution in [0.3, 0.4) is 0 Å². The summed E-state index contributed by atoms with van der Waals surface area (Å²) in [5.74, 6) is 1.70. The molecule has 20 heavy (non-hydrogen) atoms. The van der Waals surface area contributed by atoms with Crippen molar-refractivity contribution in [3.05, 3.63) is 0 Å². The number of carbonyl (C=O) groups excluding carboxylic acids is 1. The fourth-order valence-electron chi connectivity index (χ4n) is 3.50. The number of rotatable bonds is 9. The van der Waals surface area contributed by atoms with Gasteiger partial charge in [-0.1, -0.05) is 46.0 Å². The van der Waals surface area contributed by atoms with Crippen LogP contribution in [0.15, 0.2) is 0 Å². The molecule has 118 valence electrons. The summed E-state index contributed by atoms with van der Waals surface area (Å²) < 4.78 is 0. The first-order valence-corrected chi connectivity index (χ1v) is 8.68. The summed E-state index contributed by atoms with van der Waals surface area (Å²) in [7, 11) is 0. The molecular weight excluding hydrogens is 248 g/mol. The van der Waals surface area contributed by atoms with Crippen molar-refractivity contribution >= 4 is 5.91 Å². The van der Waals surface area contributed by atoms with Gasteiger partial charge in [0.1, 0.15) is 0 Å². The molecule has 0 bridgehead atoms. The molecule has 1 fully saturated rings. The van der Waals surface area contributed by atoms with Gasteiger partial charge in [-0.15, -0.1) is 0 Å². The molecule has 0 aromatic heterocycles. The predicted octanol–water partition coefficient (Wildman–Crippen LogP) is 3.62. The van der Waals surface area contributed by atoms with E-state index in [1.54, 1.807) is 0 Å². The summed E-state index contributed by atoms with van der Waals surface area (Å²) in [4.78, 5) is 12.1. The van der Waals surface area contributed by atoms with Crippen LogP contribution in [-0.2, 0) is 4.79 Å². The zero-order valence-electron chi connectivity index (χ0n) is 13.5. The Morgan fingerprint density at radius 3 is 2.70 bits per heavy atom. The molecule has 3 N–H and O–H groups in total. The summed E-state index contributed by atoms with van der Waals surface area (Å²) in [6, 6.07) is 0.431. The molecule has 0 spiro atoms. The van der Waals surface area contributed by atoms with E-state index in [9.17, 15) is 4.79 Å². The molecule has 0 aromatic carbocycles. The van der Waals surface area contributed by atoms with Crippen LogP contribution in [0.5, 0.6) is 0 Å². The molecule has 3 nitrogen and oxygen atoms in total. The van der Waals surface area contributed by atoms with E-state index in [4.69, 9.17) is 5.73 Å². The monoisotopic (exact) mass is 282 g/mol. The molecule has 1 aliphatic carbocycles. The van der Waals surface area contributed by atoms with Crippen molar-refractivity contribution in [3.63, 3.8) is 0 Å². The van der Waals surface area contributed by atoms with E-state index in [1.165, 1.54) is 44.9 Å². The van der Waals surface area contributed by atoms with Crippen LogP contribution < -0.4 is 11.1 Å². The van der Waals surface area contributed by atoms with E-state index in [0.717, 1.165) is 25.3 Å². The van der Waals surface area contributed by atoms with Gasteiger partial charge in [-0.05, 0) is 44.1 Å². The minimum Gasteiger partial charge on any atom is -0.353 e. The number of nitrogens with two attached hydrogens (primary N) is 1. The van der Waals surface area contributed by atoms with Gasteiger partial charge < -0.3 is 11.1 Å². The molecule has 3 unspecified atom stereocenters. The standard InChI is InChI=1S/C17H34N2O/c1-3-6-15(11-12-18)9-10-17(20)19-16-8-5-7-14(4-2)13-16/h14-16H,3-13,18H2,1-2H3,(H,19,20). The van der Waals surface area contributed by atoms with Crippen LogP contribution in [0.25, 0.3) is 0 Å². The lowest BCUT2D eigenvalue weighted by molar-refractivity contribution is -0.122. The van der Waals surface area contributed by atoms with Crippen LogP contribution in [0.2, 0.25) is 0 Å². The van der Waals surface area contributed by atoms with E-state index in [2.05, 4.69) is 19.2 Å². The van der Waals surface area contributed by atoms with Gasteiger partial charge in [0.05, 0.1) is 0 Å². The van der Waals surface area contributed by atoms with E-state index in [1.807, 2.05) is 0 Å². The van der Waals surface area contributed by atoms with Gasteiger partial charge >= 0.3 is 0 Å². The van der Waals surface area contributed by atoms with Crippen LogP contribution in [0.1, 0.15) is 78.1 Å². The molecule has 1 aliphatic rings. The molecule has 1 rings (SSSR count). The van der Waals surface area contributed by atoms with Crippen molar-refractivity contribution < 1.29 is 4.79 Å². The Kier molecular flexibility index (Phi) is 8.92. The van der Waals surface area contributed by atoms with Crippen molar-refractivity contribution in [1.82, 2.24) is 5.32 Å². The Labute approximate surface area is 125 Å². The van der Waals surface area contributed by atoms with Crippen LogP contribution in [0.4, 0.5) is 0 Å². The molecule has 0 aliphatic heterocycles. The number of hydrogen-bond acceptors (Lipinski definition) is 2. The topological polar surface area (TPSA) is 55.1 Å². The Morgan fingerprint density at radius 1 is 1.25 bits per heavy atom. The first-order chi connectivity index (χ1) is 9.69. The van der Waals surface area contributed by atoms with Gasteiger partial charge in [0.25, 0.3) is 0 Å². The summed E-state index contributed by atoms with van der Waals surface area (Å²) >= 11 is 0. The highest BCUT2D eigenvalue weighted by atomic mass is 16.1. The van der Waals surface area contributed by atoms with E-state index < -0.39 is 0 Å². The zero-order chi connectivity index (χ0) is 14.8. The van der Waals surface area contributed by atoms with Crippen molar-refractivity contribution in [2.75, 3.05) is 6.54 Å². The quantitative estimate of drug-likeness (QED) is 0.678. The Hall–Kier alpha value is -0.570. The van der Waals surface area contributed by atoms with E-state index >= 15 is 0 Å². The van der Waals surface area contributed by atoms with Crippen molar-refractivity contribution in [1.29, 1.82) is 0 Å². The molecular formula is C17H34N2O. The van der Waals surface area contributed by atoms with E-state index in [-0.39, 0.29) is 5.91 Å². The molecule has 0 radical (unpaired) electrons. The average Bonchev–Trinajstić information content (AvgIpc) is 2.45. The third-order valence-corrected chi connectivity index (χ3v) is 4.78. The van der Waals surface area contributed by atoms with Gasteiger partial charge in [-0.25, -0.2) is 0 Å². The van der Waals surface area contributed by atoms with Crippen molar-refractivity contribution in [2.24, 2.45) is 17.6 Å². The summed E-state index contributed by atoms with van der Waals surface area (Å²) in [5, 5.41) is 3.25. The Bertz CT molecular complexity index is 262. The normalized spacial score (nSPS) is 24.4. The number of amides is 1. The van der Waals surface area contributed by atoms with Gasteiger partial charge in [0, 0.05) is 12.5 Å². The molecule has 3 atom stereocenters. The molecule has 3 heteroatoms. The Morgan fingerprint density at radius 2 is 2.05 bits per heavy atom. The smallest absolute Gasteiger partial charge is 0.220 e.